The van der Waals surface area contributed by atoms with Gasteiger partial charge in [-0.15, -0.1) is 0 Å². The Hall–Kier alpha value is -6.71. The predicted octanol–water partition coefficient (Wildman–Crippen LogP) is 12.1. The molecule has 0 aliphatic carbocycles. The molecule has 5 heterocycles. The number of halogens is 2. The van der Waals surface area contributed by atoms with E-state index in [2.05, 4.69) is 37.0 Å². The molecule has 0 amide bonds. The van der Waals surface area contributed by atoms with Crippen LogP contribution in [0.4, 0.5) is 0 Å². The van der Waals surface area contributed by atoms with Crippen LogP contribution in [-0.2, 0) is 41.4 Å². The molecule has 0 aliphatic rings. The summed E-state index contributed by atoms with van der Waals surface area (Å²) < 4.78 is 28.0. The number of oxime groups is 1. The second kappa shape index (κ2) is 26.3. The van der Waals surface area contributed by atoms with Crippen molar-refractivity contribution < 1.29 is 23.9 Å². The first-order valence-corrected chi connectivity index (χ1v) is 25.7. The first kappa shape index (κ1) is 54.1. The van der Waals surface area contributed by atoms with Gasteiger partial charge in [0.15, 0.2) is 17.5 Å². The molecule has 73 heavy (non-hydrogen) atoms. The number of rotatable bonds is 18. The van der Waals surface area contributed by atoms with Gasteiger partial charge in [-0.05, 0) is 95.3 Å². The largest absolute Gasteiger partial charge is 0.409 e. The van der Waals surface area contributed by atoms with Crippen LogP contribution >= 0.6 is 46.7 Å². The lowest BCUT2D eigenvalue weighted by molar-refractivity contribution is -0.282. The van der Waals surface area contributed by atoms with Crippen molar-refractivity contribution in [1.29, 1.82) is 0 Å². The SMILES string of the molecule is CCOC(OCC)OCC.CCn1ccc(-c2nc(-c3ccc(-c4ncon4)cc3)c(Sc3ccc(Cl)cc3)n2C)n1.CCn1ccc(-c2nc(-c3ccc(/C(N)=N\O)cc3)c(Sc3ccc(Cl)cc3)n2C)n1. The zero-order valence-electron chi connectivity index (χ0n) is 41.4. The zero-order valence-corrected chi connectivity index (χ0v) is 44.5. The summed E-state index contributed by atoms with van der Waals surface area (Å²) in [5.74, 6) is 2.21. The van der Waals surface area contributed by atoms with E-state index >= 15 is 0 Å². The molecule has 0 unspecified atom stereocenters. The number of aromatic nitrogens is 10. The van der Waals surface area contributed by atoms with Gasteiger partial charge >= 0.3 is 0 Å². The summed E-state index contributed by atoms with van der Waals surface area (Å²) in [6.07, 6.45) is 5.24. The predicted molar refractivity (Wildman–Crippen MR) is 287 cm³/mol. The highest BCUT2D eigenvalue weighted by Gasteiger charge is 2.22. The Morgan fingerprint density at radius 2 is 1.05 bits per heavy atom. The molecular formula is C52H56Cl2N12O5S2. The summed E-state index contributed by atoms with van der Waals surface area (Å²) >= 11 is 15.4. The average Bonchev–Trinajstić information content (AvgIpc) is 4.29. The molecule has 0 fully saturated rings. The molecule has 0 spiro atoms. The summed E-state index contributed by atoms with van der Waals surface area (Å²) in [6, 6.07) is 34.9. The molecule has 9 aromatic rings. The number of amidine groups is 1. The monoisotopic (exact) mass is 1060 g/mol. The van der Waals surface area contributed by atoms with Crippen LogP contribution in [0.5, 0.6) is 0 Å². The Morgan fingerprint density at radius 3 is 1.42 bits per heavy atom. The molecule has 3 N–H and O–H groups in total. The summed E-state index contributed by atoms with van der Waals surface area (Å²) in [6.45, 7) is 12.8. The topological polar surface area (TPSA) is 196 Å². The van der Waals surface area contributed by atoms with E-state index in [0.29, 0.717) is 41.3 Å². The fraction of sp³-hybridized carbons (Fsp3) is 0.250. The van der Waals surface area contributed by atoms with E-state index in [4.69, 9.17) is 62.8 Å². The normalized spacial score (nSPS) is 11.4. The lowest BCUT2D eigenvalue weighted by Crippen LogP contribution is -2.20. The third kappa shape index (κ3) is 13.9. The van der Waals surface area contributed by atoms with E-state index < -0.39 is 6.48 Å². The van der Waals surface area contributed by atoms with E-state index in [0.717, 1.165) is 84.0 Å². The Labute approximate surface area is 442 Å². The summed E-state index contributed by atoms with van der Waals surface area (Å²) in [5, 5.41) is 28.5. The summed E-state index contributed by atoms with van der Waals surface area (Å²) in [4.78, 5) is 16.2. The number of imidazole rings is 2. The van der Waals surface area contributed by atoms with Crippen molar-refractivity contribution in [3.63, 3.8) is 0 Å². The third-order valence-corrected chi connectivity index (χ3v) is 13.6. The highest BCUT2D eigenvalue weighted by atomic mass is 35.5. The van der Waals surface area contributed by atoms with E-state index in [1.165, 1.54) is 6.39 Å². The van der Waals surface area contributed by atoms with E-state index in [9.17, 15) is 0 Å². The van der Waals surface area contributed by atoms with Crippen LogP contribution in [-0.4, -0.2) is 86.1 Å². The fourth-order valence-corrected chi connectivity index (χ4v) is 9.27. The van der Waals surface area contributed by atoms with Gasteiger partial charge in [0.1, 0.15) is 32.8 Å². The third-order valence-electron chi connectivity index (χ3n) is 10.8. The van der Waals surface area contributed by atoms with Crippen LogP contribution in [0.2, 0.25) is 10.0 Å². The van der Waals surface area contributed by atoms with Gasteiger partial charge in [-0.25, -0.2) is 9.97 Å². The van der Waals surface area contributed by atoms with Crippen molar-refractivity contribution in [2.45, 2.75) is 74.0 Å². The van der Waals surface area contributed by atoms with Crippen LogP contribution in [0.1, 0.15) is 40.2 Å². The van der Waals surface area contributed by atoms with E-state index in [1.807, 2.05) is 165 Å². The first-order valence-electron chi connectivity index (χ1n) is 23.3. The maximum Gasteiger partial charge on any atom is 0.271 e. The zero-order chi connectivity index (χ0) is 51.9. The Balaban J connectivity index is 0.000000181. The van der Waals surface area contributed by atoms with Crippen LogP contribution < -0.4 is 5.73 Å². The Morgan fingerprint density at radius 1 is 0.630 bits per heavy atom. The van der Waals surface area contributed by atoms with Crippen LogP contribution in [0, 0.1) is 0 Å². The van der Waals surface area contributed by atoms with Gasteiger partial charge in [-0.1, -0.05) is 106 Å². The number of ether oxygens (including phenoxy) is 3. The maximum absolute atomic E-state index is 8.92. The molecule has 0 aliphatic heterocycles. The molecule has 9 rings (SSSR count). The number of aryl methyl sites for hydroxylation is 2. The lowest BCUT2D eigenvalue weighted by Gasteiger charge is -2.15. The number of hydrogen-bond donors (Lipinski definition) is 2. The van der Waals surface area contributed by atoms with Crippen molar-refractivity contribution in [2.24, 2.45) is 25.0 Å². The number of nitrogens with two attached hydrogens (primary N) is 1. The van der Waals surface area contributed by atoms with E-state index in [1.54, 1.807) is 35.7 Å². The van der Waals surface area contributed by atoms with Crippen molar-refractivity contribution in [2.75, 3.05) is 19.8 Å². The quantitative estimate of drug-likeness (QED) is 0.0271. The minimum atomic E-state index is -0.472. The molecule has 0 saturated heterocycles. The van der Waals surface area contributed by atoms with Crippen LogP contribution in [0.3, 0.4) is 0 Å². The molecule has 380 valence electrons. The average molecular weight is 1060 g/mol. The number of nitrogens with zero attached hydrogens (tertiary/aromatic N) is 11. The maximum atomic E-state index is 8.92. The molecule has 0 atom stereocenters. The highest BCUT2D eigenvalue weighted by Crippen LogP contribution is 2.40. The van der Waals surface area contributed by atoms with Crippen molar-refractivity contribution in [3.05, 3.63) is 144 Å². The molecule has 4 aromatic carbocycles. The summed E-state index contributed by atoms with van der Waals surface area (Å²) in [7, 11) is 4.00. The van der Waals surface area contributed by atoms with Gasteiger partial charge in [0.25, 0.3) is 6.48 Å². The van der Waals surface area contributed by atoms with Gasteiger partial charge in [0, 0.05) is 101 Å². The second-order valence-electron chi connectivity index (χ2n) is 15.6. The second-order valence-corrected chi connectivity index (χ2v) is 18.6. The Bertz CT molecular complexity index is 3140. The smallest absolute Gasteiger partial charge is 0.271 e. The van der Waals surface area contributed by atoms with Gasteiger partial charge in [0.05, 0.1) is 0 Å². The van der Waals surface area contributed by atoms with Crippen molar-refractivity contribution in [3.8, 4) is 56.9 Å². The molecule has 0 saturated carbocycles. The fourth-order valence-electron chi connectivity index (χ4n) is 7.06. The standard InChI is InChI=1S/C23H19ClN6OS.C22H21ClN6OS.C7H16O3/c1-3-30-13-12-19(27-30)22-26-20(15-4-6-16(7-5-15)21-25-14-31-28-21)23(29(22)2)32-18-10-8-17(24)9-11-18;1-3-29-13-12-18(26-29)21-25-19(14-4-6-15(7-5-14)20(24)27-30)22(28(21)2)31-17-10-8-16(23)9-11-17;1-4-8-7(9-5-2)10-6-3/h4-14H,3H2,1-2H3;4-13,30H,3H2,1-2H3,(H2,24,27);7H,4-6H2,1-3H3. The molecule has 21 heteroatoms. The van der Waals surface area contributed by atoms with Crippen molar-refractivity contribution in [1.82, 2.24) is 48.8 Å². The molecule has 0 radical (unpaired) electrons. The molecular weight excluding hydrogens is 1010 g/mol. The van der Waals surface area contributed by atoms with Crippen LogP contribution in [0.15, 0.2) is 158 Å². The highest BCUT2D eigenvalue weighted by molar-refractivity contribution is 7.99. The van der Waals surface area contributed by atoms with Gasteiger partial charge < -0.3 is 38.8 Å². The van der Waals surface area contributed by atoms with Gasteiger partial charge in [-0.3, -0.25) is 9.36 Å². The Kier molecular flexibility index (Phi) is 19.5. The van der Waals surface area contributed by atoms with Gasteiger partial charge in [0.2, 0.25) is 12.2 Å². The number of benzene rings is 4. The molecule has 0 bridgehead atoms. The van der Waals surface area contributed by atoms with Crippen molar-refractivity contribution >= 4 is 52.6 Å². The molecule has 17 nitrogen and oxygen atoms in total. The lowest BCUT2D eigenvalue weighted by atomic mass is 10.1. The minimum Gasteiger partial charge on any atom is -0.409 e. The first-order chi connectivity index (χ1) is 35.5. The van der Waals surface area contributed by atoms with E-state index in [-0.39, 0.29) is 5.84 Å². The number of hydrogen-bond acceptors (Lipinski definition) is 14. The minimum absolute atomic E-state index is 0.0640. The summed E-state index contributed by atoms with van der Waals surface area (Å²) in [5.41, 5.74) is 12.5. The van der Waals surface area contributed by atoms with Crippen LogP contribution in [0.25, 0.3) is 56.9 Å². The van der Waals surface area contributed by atoms with Gasteiger partial charge in [-0.2, -0.15) is 15.2 Å². The molecule has 5 aromatic heterocycles.